The van der Waals surface area contributed by atoms with Crippen LogP contribution in [0.4, 0.5) is 0 Å². The minimum atomic E-state index is -0.477. The van der Waals surface area contributed by atoms with Gasteiger partial charge in [0, 0.05) is 12.8 Å². The number of hydrogen-bond acceptors (Lipinski definition) is 4. The van der Waals surface area contributed by atoms with Crippen LogP contribution in [-0.4, -0.2) is 18.4 Å². The third kappa shape index (κ3) is 2.70. The van der Waals surface area contributed by atoms with Crippen LogP contribution in [0.2, 0.25) is 0 Å². The normalized spacial score (nSPS) is 15.3. The van der Waals surface area contributed by atoms with Crippen molar-refractivity contribution in [3.8, 4) is 0 Å². The van der Waals surface area contributed by atoms with Gasteiger partial charge in [0.2, 0.25) is 0 Å². The summed E-state index contributed by atoms with van der Waals surface area (Å²) in [7, 11) is 0. The fourth-order valence-electron chi connectivity index (χ4n) is 2.15. The van der Waals surface area contributed by atoms with Crippen molar-refractivity contribution in [2.24, 2.45) is 0 Å². The van der Waals surface area contributed by atoms with Crippen molar-refractivity contribution < 1.29 is 18.7 Å². The molecule has 4 nitrogen and oxygen atoms in total. The molecular weight excluding hydrogens is 232 g/mol. The Morgan fingerprint density at radius 3 is 2.89 bits per heavy atom. The summed E-state index contributed by atoms with van der Waals surface area (Å²) < 4.78 is 10.2. The molecular formula is C14H16O4. The molecule has 0 aromatic carbocycles. The molecule has 0 radical (unpaired) electrons. The van der Waals surface area contributed by atoms with Crippen LogP contribution < -0.4 is 0 Å². The van der Waals surface area contributed by atoms with Crippen LogP contribution in [0.3, 0.4) is 0 Å². The minimum Gasteiger partial charge on any atom is -0.469 e. The van der Waals surface area contributed by atoms with Gasteiger partial charge < -0.3 is 9.15 Å². The van der Waals surface area contributed by atoms with Gasteiger partial charge in [0.1, 0.15) is 11.3 Å². The van der Waals surface area contributed by atoms with Gasteiger partial charge in [0.15, 0.2) is 5.78 Å². The van der Waals surface area contributed by atoms with Gasteiger partial charge in [-0.15, -0.1) is 0 Å². The first-order chi connectivity index (χ1) is 8.72. The third-order valence-corrected chi connectivity index (χ3v) is 3.02. The number of carbonyl (C=O) groups is 2. The van der Waals surface area contributed by atoms with Gasteiger partial charge in [-0.05, 0) is 31.9 Å². The second-order valence-electron chi connectivity index (χ2n) is 4.20. The van der Waals surface area contributed by atoms with E-state index in [-0.39, 0.29) is 11.4 Å². The molecule has 0 amide bonds. The van der Waals surface area contributed by atoms with E-state index in [1.54, 1.807) is 13.2 Å². The first-order valence-electron chi connectivity index (χ1n) is 6.17. The van der Waals surface area contributed by atoms with Gasteiger partial charge in [-0.25, -0.2) is 4.79 Å². The van der Waals surface area contributed by atoms with Gasteiger partial charge in [-0.1, -0.05) is 5.57 Å². The molecule has 1 aliphatic carbocycles. The predicted molar refractivity (Wildman–Crippen MR) is 64.9 cm³/mol. The number of rotatable bonds is 5. The van der Waals surface area contributed by atoms with Crippen LogP contribution in [0, 0.1) is 0 Å². The topological polar surface area (TPSA) is 56.5 Å². The summed E-state index contributed by atoms with van der Waals surface area (Å²) in [6.45, 7) is 2.03. The number of aryl methyl sites for hydroxylation is 1. The molecule has 0 aliphatic heterocycles. The predicted octanol–water partition coefficient (Wildman–Crippen LogP) is 2.43. The number of ketones is 1. The lowest BCUT2D eigenvalue weighted by molar-refractivity contribution is -0.139. The van der Waals surface area contributed by atoms with Crippen molar-refractivity contribution in [3.05, 3.63) is 35.3 Å². The minimum absolute atomic E-state index is 0.0945. The lowest BCUT2D eigenvalue weighted by atomic mass is 10.0. The molecule has 4 heteroatoms. The van der Waals surface area contributed by atoms with Crippen molar-refractivity contribution in [3.63, 3.8) is 0 Å². The van der Waals surface area contributed by atoms with E-state index in [9.17, 15) is 9.59 Å². The number of carbonyl (C=O) groups excluding carboxylic acids is 2. The van der Waals surface area contributed by atoms with E-state index < -0.39 is 5.97 Å². The van der Waals surface area contributed by atoms with Gasteiger partial charge in [-0.3, -0.25) is 4.79 Å². The molecule has 0 spiro atoms. The summed E-state index contributed by atoms with van der Waals surface area (Å²) in [5.41, 5.74) is 1.17. The average Bonchev–Trinajstić information content (AvgIpc) is 2.96. The standard InChI is InChI=1S/C14H16O4/c1-2-17-14(16)13-10(6-8-12(13)15)5-7-11-4-3-9-18-11/h3-4,9H,2,5-8H2,1H3. The van der Waals surface area contributed by atoms with Crippen LogP contribution >= 0.6 is 0 Å². The molecule has 1 aromatic heterocycles. The molecule has 0 bridgehead atoms. The Labute approximate surface area is 106 Å². The lowest BCUT2D eigenvalue weighted by Gasteiger charge is -2.05. The molecule has 1 aliphatic rings. The Morgan fingerprint density at radius 1 is 1.39 bits per heavy atom. The molecule has 0 unspecified atom stereocenters. The first-order valence-corrected chi connectivity index (χ1v) is 6.17. The second-order valence-corrected chi connectivity index (χ2v) is 4.20. The van der Waals surface area contributed by atoms with E-state index in [1.165, 1.54) is 0 Å². The molecule has 0 atom stereocenters. The van der Waals surface area contributed by atoms with Crippen LogP contribution in [0.1, 0.15) is 31.9 Å². The number of allylic oxidation sites excluding steroid dienone is 1. The molecule has 1 heterocycles. The highest BCUT2D eigenvalue weighted by Crippen LogP contribution is 2.27. The van der Waals surface area contributed by atoms with Gasteiger partial charge in [-0.2, -0.15) is 0 Å². The van der Waals surface area contributed by atoms with Crippen molar-refractivity contribution >= 4 is 11.8 Å². The smallest absolute Gasteiger partial charge is 0.341 e. The van der Waals surface area contributed by atoms with Gasteiger partial charge in [0.05, 0.1) is 12.9 Å². The Morgan fingerprint density at radius 2 is 2.22 bits per heavy atom. The van der Waals surface area contributed by atoms with Crippen molar-refractivity contribution in [1.29, 1.82) is 0 Å². The highest BCUT2D eigenvalue weighted by atomic mass is 16.5. The number of Topliss-reactive ketones (excluding diaryl/α,β-unsaturated/α-hetero) is 1. The Hall–Kier alpha value is -1.84. The fraction of sp³-hybridized carbons (Fsp3) is 0.429. The van der Waals surface area contributed by atoms with Crippen LogP contribution in [-0.2, 0) is 20.7 Å². The largest absolute Gasteiger partial charge is 0.469 e. The first kappa shape index (κ1) is 12.6. The zero-order chi connectivity index (χ0) is 13.0. The summed E-state index contributed by atoms with van der Waals surface area (Å²) in [5.74, 6) is 0.294. The maximum absolute atomic E-state index is 11.7. The maximum atomic E-state index is 11.7. The van der Waals surface area contributed by atoms with E-state index in [1.807, 2.05) is 12.1 Å². The Balaban J connectivity index is 2.07. The van der Waals surface area contributed by atoms with E-state index in [0.717, 1.165) is 11.3 Å². The van der Waals surface area contributed by atoms with Crippen molar-refractivity contribution in [1.82, 2.24) is 0 Å². The molecule has 0 N–H and O–H groups in total. The summed E-state index contributed by atoms with van der Waals surface area (Å²) in [6.07, 6.45) is 4.08. The lowest BCUT2D eigenvalue weighted by Crippen LogP contribution is -2.13. The number of furan rings is 1. The van der Waals surface area contributed by atoms with Crippen molar-refractivity contribution in [2.75, 3.05) is 6.61 Å². The second kappa shape index (κ2) is 5.67. The fourth-order valence-corrected chi connectivity index (χ4v) is 2.15. The van der Waals surface area contributed by atoms with Crippen LogP contribution in [0.15, 0.2) is 34.0 Å². The van der Waals surface area contributed by atoms with Crippen LogP contribution in [0.5, 0.6) is 0 Å². The quantitative estimate of drug-likeness (QED) is 0.593. The van der Waals surface area contributed by atoms with Gasteiger partial charge >= 0.3 is 5.97 Å². The third-order valence-electron chi connectivity index (χ3n) is 3.02. The maximum Gasteiger partial charge on any atom is 0.341 e. The number of hydrogen-bond donors (Lipinski definition) is 0. The SMILES string of the molecule is CCOC(=O)C1=C(CCc2ccco2)CCC1=O. The summed E-state index contributed by atoms with van der Waals surface area (Å²) in [6, 6.07) is 3.72. The van der Waals surface area contributed by atoms with E-state index in [0.29, 0.717) is 32.3 Å². The van der Waals surface area contributed by atoms with E-state index in [2.05, 4.69) is 0 Å². The molecule has 96 valence electrons. The summed E-state index contributed by atoms with van der Waals surface area (Å²) >= 11 is 0. The van der Waals surface area contributed by atoms with E-state index in [4.69, 9.17) is 9.15 Å². The zero-order valence-corrected chi connectivity index (χ0v) is 10.4. The molecule has 2 rings (SSSR count). The zero-order valence-electron chi connectivity index (χ0n) is 10.4. The monoisotopic (exact) mass is 248 g/mol. The Bertz CT molecular complexity index is 468. The average molecular weight is 248 g/mol. The summed E-state index contributed by atoms with van der Waals surface area (Å²) in [5, 5.41) is 0. The molecule has 0 saturated heterocycles. The van der Waals surface area contributed by atoms with Gasteiger partial charge in [0.25, 0.3) is 0 Å². The van der Waals surface area contributed by atoms with E-state index >= 15 is 0 Å². The molecule has 0 fully saturated rings. The molecule has 1 aromatic rings. The molecule has 0 saturated carbocycles. The highest BCUT2D eigenvalue weighted by molar-refractivity contribution is 6.19. The van der Waals surface area contributed by atoms with Crippen LogP contribution in [0.25, 0.3) is 0 Å². The number of esters is 1. The summed E-state index contributed by atoms with van der Waals surface area (Å²) in [4.78, 5) is 23.4. The highest BCUT2D eigenvalue weighted by Gasteiger charge is 2.29. The molecule has 18 heavy (non-hydrogen) atoms. The number of ether oxygens (including phenoxy) is 1. The Kier molecular flexibility index (Phi) is 3.97. The van der Waals surface area contributed by atoms with Crippen molar-refractivity contribution in [2.45, 2.75) is 32.6 Å².